The molecule has 3 atom stereocenters. The van der Waals surface area contributed by atoms with Crippen molar-refractivity contribution in [2.45, 2.75) is 97.5 Å². The van der Waals surface area contributed by atoms with Gasteiger partial charge in [-0.1, -0.05) is 44.2 Å². The van der Waals surface area contributed by atoms with Crippen LogP contribution in [0.1, 0.15) is 67.4 Å². The number of hydrogen-bond acceptors (Lipinski definition) is 6. The first-order valence-corrected chi connectivity index (χ1v) is 11.8. The molecule has 0 radical (unpaired) electrons. The average Bonchev–Trinajstić information content (AvgIpc) is 2.67. The van der Waals surface area contributed by atoms with Crippen LogP contribution in [0, 0.1) is 5.92 Å². The molecule has 0 spiro atoms. The van der Waals surface area contributed by atoms with Crippen LogP contribution in [0.3, 0.4) is 0 Å². The SMILES string of the molecule is COC(=O)[C@@H](CC(C)C)NC(C(=O)NC(C)(C)C)[C@H](Cc1ccccc1)NC(=O)OC(C)(C)C. The van der Waals surface area contributed by atoms with Crippen molar-refractivity contribution in [3.63, 3.8) is 0 Å². The van der Waals surface area contributed by atoms with Gasteiger partial charge in [-0.2, -0.15) is 0 Å². The zero-order valence-corrected chi connectivity index (χ0v) is 22.2. The smallest absolute Gasteiger partial charge is 0.407 e. The fraction of sp³-hybridized carbons (Fsp3) is 0.654. The summed E-state index contributed by atoms with van der Waals surface area (Å²) in [6.07, 6.45) is 0.184. The summed E-state index contributed by atoms with van der Waals surface area (Å²) >= 11 is 0. The molecule has 8 heteroatoms. The maximum absolute atomic E-state index is 13.5. The summed E-state index contributed by atoms with van der Waals surface area (Å²) in [6.45, 7) is 14.9. The second-order valence-electron chi connectivity index (χ2n) is 11.0. The Morgan fingerprint density at radius 1 is 0.971 bits per heavy atom. The lowest BCUT2D eigenvalue weighted by molar-refractivity contribution is -0.144. The molecule has 0 aliphatic heterocycles. The highest BCUT2D eigenvalue weighted by Crippen LogP contribution is 2.14. The van der Waals surface area contributed by atoms with E-state index in [-0.39, 0.29) is 11.8 Å². The molecule has 0 saturated heterocycles. The lowest BCUT2D eigenvalue weighted by Gasteiger charge is -2.34. The average molecular weight is 478 g/mol. The number of nitrogens with one attached hydrogen (secondary N) is 3. The Hall–Kier alpha value is -2.61. The second-order valence-corrected chi connectivity index (χ2v) is 11.0. The minimum absolute atomic E-state index is 0.175. The highest BCUT2D eigenvalue weighted by molar-refractivity contribution is 5.85. The highest BCUT2D eigenvalue weighted by Gasteiger charge is 2.36. The number of hydrogen-bond donors (Lipinski definition) is 3. The van der Waals surface area contributed by atoms with Gasteiger partial charge in [-0.05, 0) is 65.9 Å². The molecule has 1 aromatic rings. The van der Waals surface area contributed by atoms with Gasteiger partial charge in [0.25, 0.3) is 0 Å². The van der Waals surface area contributed by atoms with Crippen molar-refractivity contribution < 1.29 is 23.9 Å². The molecular formula is C26H43N3O5. The van der Waals surface area contributed by atoms with Crippen molar-refractivity contribution >= 4 is 18.0 Å². The van der Waals surface area contributed by atoms with Crippen molar-refractivity contribution in [3.05, 3.63) is 35.9 Å². The highest BCUT2D eigenvalue weighted by atomic mass is 16.6. The molecule has 34 heavy (non-hydrogen) atoms. The molecule has 0 aromatic heterocycles. The van der Waals surface area contributed by atoms with Gasteiger partial charge in [0, 0.05) is 5.54 Å². The Bertz CT molecular complexity index is 797. The third-order valence-electron chi connectivity index (χ3n) is 4.76. The summed E-state index contributed by atoms with van der Waals surface area (Å²) in [5.74, 6) is -0.616. The number of benzene rings is 1. The molecule has 1 aromatic carbocycles. The Morgan fingerprint density at radius 3 is 2.03 bits per heavy atom. The van der Waals surface area contributed by atoms with Crippen molar-refractivity contribution in [3.8, 4) is 0 Å². The number of amides is 2. The zero-order valence-electron chi connectivity index (χ0n) is 22.2. The van der Waals surface area contributed by atoms with Crippen LogP contribution in [0.4, 0.5) is 4.79 Å². The molecule has 1 rings (SSSR count). The van der Waals surface area contributed by atoms with E-state index < -0.39 is 41.3 Å². The fourth-order valence-corrected chi connectivity index (χ4v) is 3.46. The number of rotatable bonds is 10. The van der Waals surface area contributed by atoms with Crippen molar-refractivity contribution in [1.29, 1.82) is 0 Å². The number of methoxy groups -OCH3 is 1. The van der Waals surface area contributed by atoms with Crippen LogP contribution < -0.4 is 16.0 Å². The van der Waals surface area contributed by atoms with Gasteiger partial charge < -0.3 is 20.1 Å². The third kappa shape index (κ3) is 11.5. The Labute approximate surface area is 204 Å². The van der Waals surface area contributed by atoms with Gasteiger partial charge in [-0.25, -0.2) is 4.79 Å². The van der Waals surface area contributed by atoms with E-state index >= 15 is 0 Å². The fourth-order valence-electron chi connectivity index (χ4n) is 3.46. The van der Waals surface area contributed by atoms with Gasteiger partial charge in [0.1, 0.15) is 17.7 Å². The number of alkyl carbamates (subject to hydrolysis) is 1. The lowest BCUT2D eigenvalue weighted by atomic mass is 9.95. The number of carbonyl (C=O) groups is 3. The topological polar surface area (TPSA) is 106 Å². The van der Waals surface area contributed by atoms with E-state index in [2.05, 4.69) is 16.0 Å². The monoisotopic (exact) mass is 477 g/mol. The van der Waals surface area contributed by atoms with Crippen LogP contribution in [-0.2, 0) is 25.5 Å². The van der Waals surface area contributed by atoms with Gasteiger partial charge in [-0.15, -0.1) is 0 Å². The normalized spacial score (nSPS) is 14.6. The molecule has 192 valence electrons. The summed E-state index contributed by atoms with van der Waals surface area (Å²) < 4.78 is 10.5. The molecule has 1 unspecified atom stereocenters. The van der Waals surface area contributed by atoms with Crippen LogP contribution in [0.15, 0.2) is 30.3 Å². The standard InChI is InChI=1S/C26H43N3O5/c1-17(2)15-20(23(31)33-9)27-21(22(30)29-25(3,4)5)19(16-18-13-11-10-12-14-18)28-24(32)34-26(6,7)8/h10-14,17,19-21,27H,15-16H2,1-9H3,(H,28,32)(H,29,30)/t19-,20+,21?/m0/s1. The van der Waals surface area contributed by atoms with E-state index in [1.165, 1.54) is 7.11 Å². The van der Waals surface area contributed by atoms with Gasteiger partial charge in [0.05, 0.1) is 13.2 Å². The van der Waals surface area contributed by atoms with Crippen LogP contribution in [-0.4, -0.2) is 54.3 Å². The van der Waals surface area contributed by atoms with Gasteiger partial charge >= 0.3 is 12.1 Å². The van der Waals surface area contributed by atoms with E-state index in [9.17, 15) is 14.4 Å². The van der Waals surface area contributed by atoms with E-state index in [1.54, 1.807) is 20.8 Å². The Kier molecular flexibility index (Phi) is 11.0. The van der Waals surface area contributed by atoms with E-state index in [0.29, 0.717) is 12.8 Å². The first-order chi connectivity index (χ1) is 15.6. The van der Waals surface area contributed by atoms with Crippen molar-refractivity contribution in [2.24, 2.45) is 5.92 Å². The van der Waals surface area contributed by atoms with E-state index in [1.807, 2.05) is 65.0 Å². The zero-order chi connectivity index (χ0) is 26.1. The molecule has 0 heterocycles. The van der Waals surface area contributed by atoms with Gasteiger partial charge in [0.15, 0.2) is 0 Å². The molecule has 0 aliphatic carbocycles. The minimum atomic E-state index is -0.921. The predicted octanol–water partition coefficient (Wildman–Crippen LogP) is 3.58. The van der Waals surface area contributed by atoms with E-state index in [4.69, 9.17) is 9.47 Å². The molecule has 2 amide bonds. The summed E-state index contributed by atoms with van der Waals surface area (Å²) in [6, 6.07) is 7.20. The number of esters is 1. The first kappa shape index (κ1) is 29.4. The summed E-state index contributed by atoms with van der Waals surface area (Å²) in [5, 5.41) is 9.03. The summed E-state index contributed by atoms with van der Waals surface area (Å²) in [7, 11) is 1.32. The Morgan fingerprint density at radius 2 is 1.56 bits per heavy atom. The molecule has 0 bridgehead atoms. The Balaban J connectivity index is 3.39. The second kappa shape index (κ2) is 12.7. The molecule has 3 N–H and O–H groups in total. The molecule has 0 aliphatic rings. The van der Waals surface area contributed by atoms with Crippen LogP contribution in [0.25, 0.3) is 0 Å². The quantitative estimate of drug-likeness (QED) is 0.445. The van der Waals surface area contributed by atoms with Crippen molar-refractivity contribution in [1.82, 2.24) is 16.0 Å². The number of ether oxygens (including phenoxy) is 2. The predicted molar refractivity (Wildman–Crippen MR) is 133 cm³/mol. The van der Waals surface area contributed by atoms with Crippen LogP contribution >= 0.6 is 0 Å². The molecule has 0 saturated carbocycles. The maximum Gasteiger partial charge on any atom is 0.407 e. The molecule has 8 nitrogen and oxygen atoms in total. The van der Waals surface area contributed by atoms with Crippen LogP contribution in [0.2, 0.25) is 0 Å². The minimum Gasteiger partial charge on any atom is -0.468 e. The lowest BCUT2D eigenvalue weighted by Crippen LogP contribution is -2.63. The largest absolute Gasteiger partial charge is 0.468 e. The molecular weight excluding hydrogens is 434 g/mol. The van der Waals surface area contributed by atoms with Crippen LogP contribution in [0.5, 0.6) is 0 Å². The molecule has 0 fully saturated rings. The maximum atomic E-state index is 13.5. The third-order valence-corrected chi connectivity index (χ3v) is 4.76. The summed E-state index contributed by atoms with van der Waals surface area (Å²) in [4.78, 5) is 38.8. The van der Waals surface area contributed by atoms with Crippen molar-refractivity contribution in [2.75, 3.05) is 7.11 Å². The van der Waals surface area contributed by atoms with E-state index in [0.717, 1.165) is 5.56 Å². The first-order valence-electron chi connectivity index (χ1n) is 11.8. The van der Waals surface area contributed by atoms with Gasteiger partial charge in [0.2, 0.25) is 5.91 Å². The summed E-state index contributed by atoms with van der Waals surface area (Å²) in [5.41, 5.74) is -0.291. The number of carbonyl (C=O) groups excluding carboxylic acids is 3. The van der Waals surface area contributed by atoms with Gasteiger partial charge in [-0.3, -0.25) is 14.9 Å².